The maximum Gasteiger partial charge on any atom is 0.153 e. The molecule has 1 rings (SSSR count). The number of aliphatic hydroxyl groups is 1. The molecule has 0 spiro atoms. The van der Waals surface area contributed by atoms with Gasteiger partial charge in [0.05, 0.1) is 11.4 Å². The third-order valence-corrected chi connectivity index (χ3v) is 4.21. The van der Waals surface area contributed by atoms with E-state index in [1.165, 1.54) is 24.3 Å². The maximum absolute atomic E-state index is 12.7. The Morgan fingerprint density at radius 1 is 1.31 bits per heavy atom. The van der Waals surface area contributed by atoms with Crippen molar-refractivity contribution in [2.45, 2.75) is 24.7 Å². The summed E-state index contributed by atoms with van der Waals surface area (Å²) < 4.78 is 35.5. The highest BCUT2D eigenvalue weighted by molar-refractivity contribution is 7.91. The maximum atomic E-state index is 12.7. The van der Waals surface area contributed by atoms with Gasteiger partial charge in [0.15, 0.2) is 9.84 Å². The van der Waals surface area contributed by atoms with Gasteiger partial charge in [-0.25, -0.2) is 12.8 Å². The summed E-state index contributed by atoms with van der Waals surface area (Å²) in [6.07, 6.45) is 0.297. The molecule has 3 nitrogen and oxygen atoms in total. The van der Waals surface area contributed by atoms with Crippen LogP contribution in [0.1, 0.15) is 25.0 Å². The van der Waals surface area contributed by atoms with Gasteiger partial charge in [0.25, 0.3) is 0 Å². The van der Waals surface area contributed by atoms with Crippen LogP contribution in [0.4, 0.5) is 4.39 Å². The summed E-state index contributed by atoms with van der Waals surface area (Å²) in [4.78, 5) is 0. The molecule has 0 amide bonds. The average molecular weight is 246 g/mol. The standard InChI is InChI=1S/C11H15FO3S/c1-3-10(16(2,14)15)11(13)8-4-6-9(12)7-5-8/h4-7,10-11,13H,3H2,1-2H3/t10-,11+/m0/s1. The topological polar surface area (TPSA) is 54.4 Å². The van der Waals surface area contributed by atoms with Crippen LogP contribution in [-0.4, -0.2) is 25.0 Å². The van der Waals surface area contributed by atoms with Crippen LogP contribution in [0.25, 0.3) is 0 Å². The molecule has 0 aliphatic heterocycles. The average Bonchev–Trinajstić information content (AvgIpc) is 2.17. The molecule has 0 aliphatic rings. The minimum atomic E-state index is -3.32. The first-order valence-electron chi connectivity index (χ1n) is 4.98. The van der Waals surface area contributed by atoms with Gasteiger partial charge < -0.3 is 5.11 Å². The minimum absolute atomic E-state index is 0.317. The lowest BCUT2D eigenvalue weighted by molar-refractivity contribution is 0.169. The number of hydrogen-bond acceptors (Lipinski definition) is 3. The fraction of sp³-hybridized carbons (Fsp3) is 0.455. The van der Waals surface area contributed by atoms with Gasteiger partial charge in [0, 0.05) is 6.26 Å². The highest BCUT2D eigenvalue weighted by Gasteiger charge is 2.28. The Bertz CT molecular complexity index is 439. The SMILES string of the molecule is CC[C@@H]([C@H](O)c1ccc(F)cc1)S(C)(=O)=O. The Hall–Kier alpha value is -0.940. The number of benzene rings is 1. The molecule has 16 heavy (non-hydrogen) atoms. The Morgan fingerprint density at radius 3 is 2.19 bits per heavy atom. The van der Waals surface area contributed by atoms with Gasteiger partial charge in [-0.15, -0.1) is 0 Å². The van der Waals surface area contributed by atoms with Gasteiger partial charge in [-0.05, 0) is 24.1 Å². The number of rotatable bonds is 4. The molecule has 0 saturated heterocycles. The van der Waals surface area contributed by atoms with Gasteiger partial charge >= 0.3 is 0 Å². The number of halogens is 1. The molecule has 1 N–H and O–H groups in total. The third-order valence-electron chi connectivity index (χ3n) is 2.52. The van der Waals surface area contributed by atoms with E-state index in [4.69, 9.17) is 0 Å². The van der Waals surface area contributed by atoms with Crippen molar-refractivity contribution in [3.63, 3.8) is 0 Å². The predicted molar refractivity (Wildman–Crippen MR) is 60.3 cm³/mol. The Labute approximate surface area is 94.8 Å². The first-order valence-corrected chi connectivity index (χ1v) is 6.94. The first kappa shape index (κ1) is 13.1. The highest BCUT2D eigenvalue weighted by atomic mass is 32.2. The van der Waals surface area contributed by atoms with E-state index in [2.05, 4.69) is 0 Å². The molecule has 0 aromatic heterocycles. The summed E-state index contributed by atoms with van der Waals surface area (Å²) in [5.41, 5.74) is 0.415. The van der Waals surface area contributed by atoms with Gasteiger partial charge in [0.1, 0.15) is 5.82 Å². The highest BCUT2D eigenvalue weighted by Crippen LogP contribution is 2.24. The Morgan fingerprint density at radius 2 is 1.81 bits per heavy atom. The summed E-state index contributed by atoms with van der Waals surface area (Å²) in [7, 11) is -3.32. The predicted octanol–water partition coefficient (Wildman–Crippen LogP) is 1.68. The van der Waals surface area contributed by atoms with Gasteiger partial charge in [0.2, 0.25) is 0 Å². The zero-order chi connectivity index (χ0) is 12.3. The van der Waals surface area contributed by atoms with E-state index in [-0.39, 0.29) is 0 Å². The van der Waals surface area contributed by atoms with Gasteiger partial charge in [-0.1, -0.05) is 19.1 Å². The van der Waals surface area contributed by atoms with Crippen LogP contribution in [0.15, 0.2) is 24.3 Å². The summed E-state index contributed by atoms with van der Waals surface area (Å²) in [5, 5.41) is 9.06. The molecule has 0 radical (unpaired) electrons. The van der Waals surface area contributed by atoms with E-state index in [0.717, 1.165) is 6.26 Å². The molecule has 2 atom stereocenters. The van der Waals surface area contributed by atoms with Crippen LogP contribution in [0.2, 0.25) is 0 Å². The van der Waals surface area contributed by atoms with Crippen molar-refractivity contribution in [1.29, 1.82) is 0 Å². The summed E-state index contributed by atoms with van der Waals surface area (Å²) in [6, 6.07) is 5.20. The van der Waals surface area contributed by atoms with Crippen molar-refractivity contribution in [2.24, 2.45) is 0 Å². The van der Waals surface area contributed by atoms with E-state index < -0.39 is 27.0 Å². The number of hydrogen-bond donors (Lipinski definition) is 1. The molecule has 0 fully saturated rings. The second-order valence-corrected chi connectivity index (χ2v) is 6.04. The molecule has 0 aliphatic carbocycles. The smallest absolute Gasteiger partial charge is 0.153 e. The fourth-order valence-electron chi connectivity index (χ4n) is 1.63. The zero-order valence-electron chi connectivity index (χ0n) is 9.22. The molecule has 5 heteroatoms. The Balaban J connectivity index is 3.00. The minimum Gasteiger partial charge on any atom is -0.387 e. The van der Waals surface area contributed by atoms with E-state index in [0.29, 0.717) is 12.0 Å². The number of sulfone groups is 1. The lowest BCUT2D eigenvalue weighted by Crippen LogP contribution is -2.26. The molecule has 1 aromatic carbocycles. The van der Waals surface area contributed by atoms with Crippen molar-refractivity contribution in [3.05, 3.63) is 35.6 Å². The van der Waals surface area contributed by atoms with Gasteiger partial charge in [-0.3, -0.25) is 0 Å². The normalized spacial score (nSPS) is 15.8. The molecule has 0 heterocycles. The van der Waals surface area contributed by atoms with Crippen molar-refractivity contribution < 1.29 is 17.9 Å². The van der Waals surface area contributed by atoms with E-state index in [9.17, 15) is 17.9 Å². The van der Waals surface area contributed by atoms with Crippen LogP contribution in [0.5, 0.6) is 0 Å². The third kappa shape index (κ3) is 3.02. The summed E-state index contributed by atoms with van der Waals surface area (Å²) in [5.74, 6) is -0.414. The number of aliphatic hydroxyl groups excluding tert-OH is 1. The monoisotopic (exact) mass is 246 g/mol. The lowest BCUT2D eigenvalue weighted by Gasteiger charge is -2.20. The lowest BCUT2D eigenvalue weighted by atomic mass is 10.1. The molecule has 1 aromatic rings. The summed E-state index contributed by atoms with van der Waals surface area (Å²) >= 11 is 0. The Kier molecular flexibility index (Phi) is 4.04. The van der Waals surface area contributed by atoms with Crippen molar-refractivity contribution in [3.8, 4) is 0 Å². The van der Waals surface area contributed by atoms with Crippen molar-refractivity contribution >= 4 is 9.84 Å². The van der Waals surface area contributed by atoms with Crippen LogP contribution >= 0.6 is 0 Å². The molecule has 0 unspecified atom stereocenters. The van der Waals surface area contributed by atoms with Crippen LogP contribution in [0, 0.1) is 5.82 Å². The summed E-state index contributed by atoms with van der Waals surface area (Å²) in [6.45, 7) is 1.69. The second kappa shape index (κ2) is 4.93. The van der Waals surface area contributed by atoms with Crippen LogP contribution in [-0.2, 0) is 9.84 Å². The molecule has 90 valence electrons. The van der Waals surface area contributed by atoms with Crippen molar-refractivity contribution in [1.82, 2.24) is 0 Å². The second-order valence-electron chi connectivity index (χ2n) is 3.77. The van der Waals surface area contributed by atoms with E-state index in [1.54, 1.807) is 6.92 Å². The van der Waals surface area contributed by atoms with Crippen LogP contribution in [0.3, 0.4) is 0 Å². The fourth-order valence-corrected chi connectivity index (χ4v) is 2.87. The van der Waals surface area contributed by atoms with Crippen LogP contribution < -0.4 is 0 Å². The van der Waals surface area contributed by atoms with Gasteiger partial charge in [-0.2, -0.15) is 0 Å². The molecular formula is C11H15FO3S. The zero-order valence-corrected chi connectivity index (χ0v) is 10.0. The molecule has 0 saturated carbocycles. The van der Waals surface area contributed by atoms with E-state index >= 15 is 0 Å². The van der Waals surface area contributed by atoms with Crippen molar-refractivity contribution in [2.75, 3.05) is 6.26 Å². The molecule has 0 bridgehead atoms. The first-order chi connectivity index (χ1) is 7.36. The molecular weight excluding hydrogens is 231 g/mol. The largest absolute Gasteiger partial charge is 0.387 e. The van der Waals surface area contributed by atoms with E-state index in [1.807, 2.05) is 0 Å². The quantitative estimate of drug-likeness (QED) is 0.879.